The van der Waals surface area contributed by atoms with E-state index in [2.05, 4.69) is 162 Å². The largest absolute Gasteiger partial charge is 0.306 e. The lowest BCUT2D eigenvalue weighted by atomic mass is 9.83. The third kappa shape index (κ3) is 4.46. The van der Waals surface area contributed by atoms with Crippen LogP contribution in [0.1, 0.15) is 0 Å². The maximum atomic E-state index is 4.85. The Morgan fingerprint density at radius 3 is 1.53 bits per heavy atom. The first kappa shape index (κ1) is 27.6. The molecule has 10 rings (SSSR count). The molecule has 0 bridgehead atoms. The first-order valence-corrected chi connectivity index (χ1v) is 16.8. The second kappa shape index (κ2) is 11.0. The van der Waals surface area contributed by atoms with Crippen LogP contribution in [0.15, 0.2) is 182 Å². The predicted octanol–water partition coefficient (Wildman–Crippen LogP) is 12.6. The molecule has 0 aliphatic rings. The molecule has 0 radical (unpaired) electrons. The van der Waals surface area contributed by atoms with Crippen molar-refractivity contribution in [3.63, 3.8) is 0 Å². The molecule has 0 aliphatic carbocycles. The Kier molecular flexibility index (Phi) is 6.22. The van der Waals surface area contributed by atoms with Crippen LogP contribution >= 0.6 is 0 Å². The van der Waals surface area contributed by atoms with Crippen molar-refractivity contribution >= 4 is 48.7 Å². The summed E-state index contributed by atoms with van der Waals surface area (Å²) in [5, 5.41) is 10.0. The topological polar surface area (TPSA) is 17.3 Å². The molecule has 0 aliphatic heterocycles. The summed E-state index contributed by atoms with van der Waals surface area (Å²) in [5.41, 5.74) is 10.5. The highest BCUT2D eigenvalue weighted by atomic mass is 15.0. The second-order valence-corrected chi connectivity index (χ2v) is 12.8. The first-order chi connectivity index (χ1) is 24.3. The van der Waals surface area contributed by atoms with Gasteiger partial charge in [-0.2, -0.15) is 0 Å². The van der Waals surface area contributed by atoms with Crippen molar-refractivity contribution in [1.29, 1.82) is 0 Å². The molecule has 0 spiro atoms. The number of nitrogens with zero attached hydrogens (tertiary/aromatic N) is 2. The first-order valence-electron chi connectivity index (χ1n) is 16.8. The van der Waals surface area contributed by atoms with Crippen LogP contribution in [0, 0.1) is 0 Å². The maximum absolute atomic E-state index is 4.85. The van der Waals surface area contributed by atoms with Crippen LogP contribution in [0.25, 0.3) is 93.4 Å². The summed E-state index contributed by atoms with van der Waals surface area (Å²) in [7, 11) is 0. The van der Waals surface area contributed by atoms with Gasteiger partial charge in [-0.25, -0.2) is 4.98 Å². The van der Waals surface area contributed by atoms with Gasteiger partial charge in [0.1, 0.15) is 5.65 Å². The maximum Gasteiger partial charge on any atom is 0.137 e. The molecule has 10 aromatic rings. The molecule has 228 valence electrons. The fourth-order valence-corrected chi connectivity index (χ4v) is 7.73. The Labute approximate surface area is 284 Å². The molecule has 0 fully saturated rings. The molecule has 49 heavy (non-hydrogen) atoms. The average Bonchev–Trinajstić information content (AvgIpc) is 3.61. The molecule has 2 heteroatoms. The van der Waals surface area contributed by atoms with Crippen LogP contribution in [-0.2, 0) is 0 Å². The van der Waals surface area contributed by atoms with Crippen LogP contribution in [0.3, 0.4) is 0 Å². The Balaban J connectivity index is 1.25. The van der Waals surface area contributed by atoms with Gasteiger partial charge in [0.25, 0.3) is 0 Å². The number of hydrogen-bond donors (Lipinski definition) is 0. The summed E-state index contributed by atoms with van der Waals surface area (Å²) < 4.78 is 2.07. The van der Waals surface area contributed by atoms with E-state index in [4.69, 9.17) is 4.98 Å². The molecule has 2 heterocycles. The number of imidazole rings is 1. The van der Waals surface area contributed by atoms with Crippen molar-refractivity contribution in [2.24, 2.45) is 0 Å². The normalized spacial score (nSPS) is 11.7. The zero-order valence-electron chi connectivity index (χ0n) is 26.7. The molecule has 0 saturated carbocycles. The van der Waals surface area contributed by atoms with Crippen LogP contribution in [0.5, 0.6) is 0 Å². The van der Waals surface area contributed by atoms with Crippen molar-refractivity contribution in [2.75, 3.05) is 0 Å². The standard InChI is InChI=1S/C47H30N2/c1-3-15-36-32(11-1)13-9-19-38(36)46-40-17-5-6-18-41(40)47(39-20-10-14-33-12-2-4-16-37(33)39)43-29-35(26-27-42(43)46)31-22-24-34(25-23-31)44-30-49-28-8-7-21-45(49)48-44/h1-30H. The van der Waals surface area contributed by atoms with E-state index < -0.39 is 0 Å². The van der Waals surface area contributed by atoms with E-state index in [1.54, 1.807) is 0 Å². The zero-order chi connectivity index (χ0) is 32.3. The molecular formula is C47H30N2. The van der Waals surface area contributed by atoms with E-state index in [9.17, 15) is 0 Å². The third-order valence-corrected chi connectivity index (χ3v) is 10.0. The molecule has 2 aromatic heterocycles. The van der Waals surface area contributed by atoms with E-state index in [-0.39, 0.29) is 0 Å². The molecule has 0 atom stereocenters. The molecule has 0 saturated heterocycles. The summed E-state index contributed by atoms with van der Waals surface area (Å²) in [5.74, 6) is 0. The lowest BCUT2D eigenvalue weighted by Gasteiger charge is -2.20. The minimum absolute atomic E-state index is 0.950. The van der Waals surface area contributed by atoms with Crippen LogP contribution in [-0.4, -0.2) is 9.38 Å². The van der Waals surface area contributed by atoms with Gasteiger partial charge in [0.05, 0.1) is 5.69 Å². The van der Waals surface area contributed by atoms with Crippen molar-refractivity contribution in [3.05, 3.63) is 182 Å². The van der Waals surface area contributed by atoms with Gasteiger partial charge in [-0.3, -0.25) is 0 Å². The summed E-state index contributed by atoms with van der Waals surface area (Å²) in [6.45, 7) is 0. The lowest BCUT2D eigenvalue weighted by Crippen LogP contribution is -1.93. The lowest BCUT2D eigenvalue weighted by molar-refractivity contribution is 1.19. The van der Waals surface area contributed by atoms with Gasteiger partial charge in [-0.05, 0) is 94.7 Å². The molecule has 8 aromatic carbocycles. The van der Waals surface area contributed by atoms with E-state index in [0.29, 0.717) is 0 Å². The summed E-state index contributed by atoms with van der Waals surface area (Å²) in [4.78, 5) is 4.85. The summed E-state index contributed by atoms with van der Waals surface area (Å²) in [6, 6.07) is 61.8. The fraction of sp³-hybridized carbons (Fsp3) is 0. The number of aromatic nitrogens is 2. The van der Waals surface area contributed by atoms with Gasteiger partial charge >= 0.3 is 0 Å². The van der Waals surface area contributed by atoms with Crippen molar-refractivity contribution in [3.8, 4) is 44.6 Å². The third-order valence-electron chi connectivity index (χ3n) is 10.0. The minimum Gasteiger partial charge on any atom is -0.306 e. The van der Waals surface area contributed by atoms with Gasteiger partial charge < -0.3 is 4.40 Å². The average molecular weight is 623 g/mol. The van der Waals surface area contributed by atoms with Gasteiger partial charge in [-0.1, -0.05) is 152 Å². The van der Waals surface area contributed by atoms with Crippen LogP contribution in [0.4, 0.5) is 0 Å². The number of pyridine rings is 1. The van der Waals surface area contributed by atoms with Gasteiger partial charge in [0.15, 0.2) is 0 Å². The Morgan fingerprint density at radius 1 is 0.367 bits per heavy atom. The van der Waals surface area contributed by atoms with Crippen LogP contribution < -0.4 is 0 Å². The molecule has 2 nitrogen and oxygen atoms in total. The SMILES string of the molecule is c1ccc2c(-c3c4ccccc4c(-c4cccc5ccccc45)c4cc(-c5ccc(-c6cn7ccccc7n6)cc5)ccc34)cccc2c1. The Hall–Kier alpha value is -6.51. The predicted molar refractivity (Wildman–Crippen MR) is 207 cm³/mol. The van der Waals surface area contributed by atoms with Crippen LogP contribution in [0.2, 0.25) is 0 Å². The van der Waals surface area contributed by atoms with E-state index in [0.717, 1.165) is 16.9 Å². The van der Waals surface area contributed by atoms with Gasteiger partial charge in [0, 0.05) is 18.0 Å². The number of fused-ring (bicyclic) bond motifs is 5. The van der Waals surface area contributed by atoms with Crippen molar-refractivity contribution < 1.29 is 0 Å². The number of benzene rings is 8. The van der Waals surface area contributed by atoms with E-state index >= 15 is 0 Å². The second-order valence-electron chi connectivity index (χ2n) is 12.8. The summed E-state index contributed by atoms with van der Waals surface area (Å²) >= 11 is 0. The Bertz CT molecular complexity index is 2830. The highest BCUT2D eigenvalue weighted by molar-refractivity contribution is 6.25. The van der Waals surface area contributed by atoms with Gasteiger partial charge in [-0.15, -0.1) is 0 Å². The van der Waals surface area contributed by atoms with Crippen molar-refractivity contribution in [2.45, 2.75) is 0 Å². The monoisotopic (exact) mass is 622 g/mol. The highest BCUT2D eigenvalue weighted by Gasteiger charge is 2.20. The van der Waals surface area contributed by atoms with E-state index in [1.165, 1.54) is 76.5 Å². The number of hydrogen-bond acceptors (Lipinski definition) is 1. The molecule has 0 amide bonds. The number of rotatable bonds is 4. The Morgan fingerprint density at radius 2 is 0.878 bits per heavy atom. The smallest absolute Gasteiger partial charge is 0.137 e. The molecule has 0 N–H and O–H groups in total. The molecule has 0 unspecified atom stereocenters. The fourth-order valence-electron chi connectivity index (χ4n) is 7.73. The molecular weight excluding hydrogens is 593 g/mol. The minimum atomic E-state index is 0.950. The quantitative estimate of drug-likeness (QED) is 0.179. The summed E-state index contributed by atoms with van der Waals surface area (Å²) in [6.07, 6.45) is 4.13. The van der Waals surface area contributed by atoms with E-state index in [1.807, 2.05) is 24.4 Å². The zero-order valence-corrected chi connectivity index (χ0v) is 26.7. The van der Waals surface area contributed by atoms with Gasteiger partial charge in [0.2, 0.25) is 0 Å². The van der Waals surface area contributed by atoms with Crippen molar-refractivity contribution in [1.82, 2.24) is 9.38 Å². The highest BCUT2D eigenvalue weighted by Crippen LogP contribution is 2.47.